The van der Waals surface area contributed by atoms with E-state index in [2.05, 4.69) is 224 Å². The van der Waals surface area contributed by atoms with Gasteiger partial charge in [-0.2, -0.15) is 0 Å². The van der Waals surface area contributed by atoms with Gasteiger partial charge in [-0.3, -0.25) is 0 Å². The third-order valence-corrected chi connectivity index (χ3v) is 13.0. The molecule has 3 nitrogen and oxygen atoms in total. The zero-order valence-corrected chi connectivity index (χ0v) is 34.7. The fourth-order valence-electron chi connectivity index (χ4n) is 9.98. The average Bonchev–Trinajstić information content (AvgIpc) is 3.37. The lowest BCUT2D eigenvalue weighted by molar-refractivity contribution is 1.19. The molecule has 0 aliphatic heterocycles. The van der Waals surface area contributed by atoms with Crippen molar-refractivity contribution in [1.29, 1.82) is 0 Å². The van der Waals surface area contributed by atoms with Crippen molar-refractivity contribution >= 4 is 75.5 Å². The Bertz CT molecular complexity index is 3870. The van der Waals surface area contributed by atoms with E-state index in [0.29, 0.717) is 5.82 Å². The van der Waals surface area contributed by atoms with Crippen LogP contribution in [0, 0.1) is 0 Å². The molecule has 296 valence electrons. The number of aromatic nitrogens is 3. The Balaban J connectivity index is 0.968. The number of nitrogens with zero attached hydrogens (tertiary/aromatic N) is 3. The summed E-state index contributed by atoms with van der Waals surface area (Å²) in [6, 6.07) is 80.4. The van der Waals surface area contributed by atoms with Crippen molar-refractivity contribution in [3.8, 4) is 56.3 Å². The van der Waals surface area contributed by atoms with Crippen molar-refractivity contribution in [1.82, 2.24) is 15.0 Å². The smallest absolute Gasteiger partial charge is 0.161 e. The van der Waals surface area contributed by atoms with Crippen LogP contribution in [0.5, 0.6) is 0 Å². The van der Waals surface area contributed by atoms with Crippen molar-refractivity contribution in [2.24, 2.45) is 0 Å². The van der Waals surface area contributed by atoms with Gasteiger partial charge in [0.25, 0.3) is 0 Å². The highest BCUT2D eigenvalue weighted by atomic mass is 14.9. The predicted molar refractivity (Wildman–Crippen MR) is 270 cm³/mol. The van der Waals surface area contributed by atoms with Crippen molar-refractivity contribution in [3.63, 3.8) is 0 Å². The molecule has 13 aromatic rings. The molecular weight excluding hydrogens is 775 g/mol. The Morgan fingerprint density at radius 1 is 0.250 bits per heavy atom. The van der Waals surface area contributed by atoms with Gasteiger partial charge in [-0.05, 0) is 95.3 Å². The van der Waals surface area contributed by atoms with E-state index in [1.807, 2.05) is 0 Å². The first-order valence-electron chi connectivity index (χ1n) is 21.8. The van der Waals surface area contributed by atoms with E-state index in [9.17, 15) is 0 Å². The number of hydrogen-bond donors (Lipinski definition) is 0. The van der Waals surface area contributed by atoms with Crippen molar-refractivity contribution in [3.05, 3.63) is 224 Å². The number of hydrogen-bond acceptors (Lipinski definition) is 3. The first kappa shape index (κ1) is 36.2. The molecule has 0 saturated carbocycles. The van der Waals surface area contributed by atoms with Crippen molar-refractivity contribution in [2.75, 3.05) is 0 Å². The summed E-state index contributed by atoms with van der Waals surface area (Å²) in [4.78, 5) is 16.2. The second-order valence-corrected chi connectivity index (χ2v) is 16.7. The molecule has 3 heteroatoms. The van der Waals surface area contributed by atoms with Gasteiger partial charge in [0.2, 0.25) is 0 Å². The second-order valence-electron chi connectivity index (χ2n) is 16.7. The molecule has 0 aliphatic carbocycles. The molecular formula is C61H37N3. The average molecular weight is 812 g/mol. The lowest BCUT2D eigenvalue weighted by atomic mass is 9.93. The molecule has 0 radical (unpaired) electrons. The summed E-state index contributed by atoms with van der Waals surface area (Å²) in [5.41, 5.74) is 10.2. The van der Waals surface area contributed by atoms with Gasteiger partial charge in [-0.25, -0.2) is 15.0 Å². The van der Waals surface area contributed by atoms with E-state index < -0.39 is 0 Å². The van der Waals surface area contributed by atoms with Gasteiger partial charge in [0.05, 0.1) is 22.6 Å². The third kappa shape index (κ3) is 5.86. The molecule has 0 amide bonds. The molecule has 2 aromatic heterocycles. The minimum Gasteiger partial charge on any atom is -0.247 e. The highest BCUT2D eigenvalue weighted by molar-refractivity contribution is 6.22. The summed E-state index contributed by atoms with van der Waals surface area (Å²) in [6.45, 7) is 0. The topological polar surface area (TPSA) is 38.7 Å². The Morgan fingerprint density at radius 2 is 0.781 bits per heavy atom. The highest BCUT2D eigenvalue weighted by Gasteiger charge is 2.18. The van der Waals surface area contributed by atoms with Gasteiger partial charge in [0.1, 0.15) is 0 Å². The van der Waals surface area contributed by atoms with Gasteiger partial charge in [-0.15, -0.1) is 0 Å². The molecule has 0 unspecified atom stereocenters. The lowest BCUT2D eigenvalue weighted by Crippen LogP contribution is -1.98. The van der Waals surface area contributed by atoms with Gasteiger partial charge in [0, 0.05) is 38.4 Å². The van der Waals surface area contributed by atoms with Crippen LogP contribution in [-0.4, -0.2) is 15.0 Å². The van der Waals surface area contributed by atoms with Crippen LogP contribution in [0.25, 0.3) is 132 Å². The number of rotatable bonds is 5. The first-order valence-corrected chi connectivity index (χ1v) is 21.8. The molecule has 2 heterocycles. The van der Waals surface area contributed by atoms with E-state index in [0.717, 1.165) is 77.5 Å². The number of pyridine rings is 1. The van der Waals surface area contributed by atoms with Crippen LogP contribution in [0.4, 0.5) is 0 Å². The summed E-state index contributed by atoms with van der Waals surface area (Å²) in [5.74, 6) is 0.700. The van der Waals surface area contributed by atoms with Crippen LogP contribution < -0.4 is 0 Å². The maximum absolute atomic E-state index is 5.46. The van der Waals surface area contributed by atoms with Crippen LogP contribution >= 0.6 is 0 Å². The molecule has 0 fully saturated rings. The van der Waals surface area contributed by atoms with Crippen LogP contribution in [0.15, 0.2) is 224 Å². The van der Waals surface area contributed by atoms with E-state index in [4.69, 9.17) is 15.0 Å². The Kier molecular flexibility index (Phi) is 8.22. The second kappa shape index (κ2) is 14.5. The monoisotopic (exact) mass is 811 g/mol. The molecule has 0 aliphatic rings. The van der Waals surface area contributed by atoms with Gasteiger partial charge < -0.3 is 0 Å². The van der Waals surface area contributed by atoms with Crippen LogP contribution in [0.2, 0.25) is 0 Å². The Morgan fingerprint density at radius 3 is 1.50 bits per heavy atom. The highest BCUT2D eigenvalue weighted by Crippen LogP contribution is 2.41. The number of fused-ring (bicyclic) bond motifs is 11. The fraction of sp³-hybridized carbons (Fsp3) is 0. The minimum atomic E-state index is 0.700. The lowest BCUT2D eigenvalue weighted by Gasteiger charge is -2.15. The van der Waals surface area contributed by atoms with E-state index in [1.165, 1.54) is 48.5 Å². The molecule has 11 aromatic carbocycles. The molecule has 0 atom stereocenters. The SMILES string of the molecule is c1cc(-c2ccc(-c3cc(-c4cc5ccccc5c5ccccc45)nc(-c4cc5ccccc5c5ccccc45)n3)cc2)cc(-c2nc3ccccc3c3c2ccc2ccccc23)c1. The van der Waals surface area contributed by atoms with Crippen LogP contribution in [-0.2, 0) is 0 Å². The quantitative estimate of drug-likeness (QED) is 0.163. The molecule has 0 bridgehead atoms. The van der Waals surface area contributed by atoms with Crippen LogP contribution in [0.3, 0.4) is 0 Å². The first-order chi connectivity index (χ1) is 31.7. The summed E-state index contributed by atoms with van der Waals surface area (Å²) in [6.07, 6.45) is 0. The number of para-hydroxylation sites is 1. The Labute approximate surface area is 369 Å². The van der Waals surface area contributed by atoms with E-state index >= 15 is 0 Å². The normalized spacial score (nSPS) is 11.8. The molecule has 0 saturated heterocycles. The van der Waals surface area contributed by atoms with Crippen molar-refractivity contribution in [2.45, 2.75) is 0 Å². The summed E-state index contributed by atoms with van der Waals surface area (Å²) < 4.78 is 0. The maximum Gasteiger partial charge on any atom is 0.161 e. The maximum atomic E-state index is 5.46. The van der Waals surface area contributed by atoms with Crippen molar-refractivity contribution < 1.29 is 0 Å². The van der Waals surface area contributed by atoms with E-state index in [1.54, 1.807) is 0 Å². The summed E-state index contributed by atoms with van der Waals surface area (Å²) in [5, 5.41) is 15.5. The molecule has 13 rings (SSSR count). The summed E-state index contributed by atoms with van der Waals surface area (Å²) >= 11 is 0. The minimum absolute atomic E-state index is 0.700. The molecule has 0 N–H and O–H groups in total. The summed E-state index contributed by atoms with van der Waals surface area (Å²) in [7, 11) is 0. The number of benzene rings is 11. The molecule has 0 spiro atoms. The zero-order chi connectivity index (χ0) is 42.1. The largest absolute Gasteiger partial charge is 0.247 e. The fourth-order valence-corrected chi connectivity index (χ4v) is 9.98. The van der Waals surface area contributed by atoms with Gasteiger partial charge in [0.15, 0.2) is 5.82 Å². The Hall–Kier alpha value is -8.53. The van der Waals surface area contributed by atoms with Gasteiger partial charge in [-0.1, -0.05) is 194 Å². The van der Waals surface area contributed by atoms with Gasteiger partial charge >= 0.3 is 0 Å². The van der Waals surface area contributed by atoms with E-state index in [-0.39, 0.29) is 0 Å². The predicted octanol–water partition coefficient (Wildman–Crippen LogP) is 16.3. The van der Waals surface area contributed by atoms with Crippen LogP contribution in [0.1, 0.15) is 0 Å². The standard InChI is InChI=1S/C61H37N3/c1-6-21-47-39(14-1)32-33-53-59(47)52-26-11-12-27-56(52)62-60(53)44-18-13-17-41(34-44)38-28-30-40(31-29-38)57-37-58(54-35-42-15-2-4-19-45(42)48-22-7-9-24-50(48)54)64-61(63-57)55-36-43-16-3-5-20-46(43)49-23-8-10-25-51(49)55/h1-37H. The molecule has 64 heavy (non-hydrogen) atoms. The third-order valence-electron chi connectivity index (χ3n) is 13.0. The zero-order valence-electron chi connectivity index (χ0n) is 34.7.